The first-order valence-corrected chi connectivity index (χ1v) is 11.0. The second kappa shape index (κ2) is 9.57. The van der Waals surface area contributed by atoms with Crippen LogP contribution in [0.1, 0.15) is 12.0 Å². The van der Waals surface area contributed by atoms with Gasteiger partial charge in [-0.15, -0.1) is 23.5 Å². The van der Waals surface area contributed by atoms with Crippen LogP contribution in [0.5, 0.6) is 11.8 Å². The number of ether oxygens (including phenoxy) is 3. The van der Waals surface area contributed by atoms with Gasteiger partial charge < -0.3 is 14.2 Å². The number of thioether (sulfide) groups is 3. The Morgan fingerprint density at radius 1 is 1.11 bits per heavy atom. The second-order valence-electron chi connectivity index (χ2n) is 5.54. The van der Waals surface area contributed by atoms with E-state index < -0.39 is 3.41 Å². The van der Waals surface area contributed by atoms with Crippen LogP contribution in [0.3, 0.4) is 0 Å². The molecule has 0 radical (unpaired) electrons. The molecule has 0 N–H and O–H groups in total. The summed E-state index contributed by atoms with van der Waals surface area (Å²) in [5, 5.41) is 0.518. The summed E-state index contributed by atoms with van der Waals surface area (Å²) in [6.07, 6.45) is 0.267. The van der Waals surface area contributed by atoms with Gasteiger partial charge in [0.25, 0.3) is 0 Å². The van der Waals surface area contributed by atoms with E-state index in [1.165, 1.54) is 11.8 Å². The number of methoxy groups -OCH3 is 2. The molecule has 1 aromatic heterocycles. The Bertz CT molecular complexity index is 748. The molecule has 0 spiro atoms. The second-order valence-corrected chi connectivity index (χ2v) is 10.4. The summed E-state index contributed by atoms with van der Waals surface area (Å²) in [7, 11) is 3.10. The molecule has 9 heteroatoms. The average Bonchev–Trinajstić information content (AvgIpc) is 3.14. The third kappa shape index (κ3) is 5.70. The number of nitrogens with zero attached hydrogens (tertiary/aromatic N) is 2. The quantitative estimate of drug-likeness (QED) is 0.464. The van der Waals surface area contributed by atoms with E-state index in [1.807, 2.05) is 30.3 Å². The van der Waals surface area contributed by atoms with Gasteiger partial charge in [0.2, 0.25) is 11.8 Å². The monoisotopic (exact) mass is 424 g/mol. The lowest BCUT2D eigenvalue weighted by Gasteiger charge is -2.24. The molecular formula is C18H20N2O4S3. The van der Waals surface area contributed by atoms with Crippen molar-refractivity contribution in [2.75, 3.05) is 25.7 Å². The number of carbonyl (C=O) groups is 1. The third-order valence-electron chi connectivity index (χ3n) is 3.65. The average molecular weight is 425 g/mol. The number of aromatic nitrogens is 2. The molecule has 0 bridgehead atoms. The van der Waals surface area contributed by atoms with Gasteiger partial charge in [0, 0.05) is 11.5 Å². The van der Waals surface area contributed by atoms with Crippen LogP contribution in [0.2, 0.25) is 0 Å². The van der Waals surface area contributed by atoms with Gasteiger partial charge in [-0.25, -0.2) is 0 Å². The SMILES string of the molecule is COc1cc(OC)nc(SC2(CC(=O)OCc3ccccc3)SCCS2)n1. The fourth-order valence-corrected chi connectivity index (χ4v) is 7.10. The Morgan fingerprint density at radius 3 is 2.33 bits per heavy atom. The molecule has 2 aromatic rings. The minimum atomic E-state index is -0.412. The zero-order valence-electron chi connectivity index (χ0n) is 15.0. The number of hydrogen-bond donors (Lipinski definition) is 0. The first kappa shape index (κ1) is 20.2. The molecule has 0 saturated carbocycles. The van der Waals surface area contributed by atoms with E-state index in [1.54, 1.807) is 43.8 Å². The van der Waals surface area contributed by atoms with E-state index in [0.29, 0.717) is 16.9 Å². The minimum absolute atomic E-state index is 0.233. The molecule has 1 aromatic carbocycles. The zero-order valence-corrected chi connectivity index (χ0v) is 17.5. The molecule has 0 aliphatic carbocycles. The van der Waals surface area contributed by atoms with Crippen molar-refractivity contribution in [3.63, 3.8) is 0 Å². The predicted molar refractivity (Wildman–Crippen MR) is 109 cm³/mol. The largest absolute Gasteiger partial charge is 0.481 e. The van der Waals surface area contributed by atoms with Gasteiger partial charge in [0.05, 0.1) is 26.7 Å². The molecule has 3 rings (SSSR count). The topological polar surface area (TPSA) is 70.5 Å². The van der Waals surface area contributed by atoms with Crippen molar-refractivity contribution in [3.8, 4) is 11.8 Å². The van der Waals surface area contributed by atoms with Crippen LogP contribution < -0.4 is 9.47 Å². The van der Waals surface area contributed by atoms with Crippen molar-refractivity contribution < 1.29 is 19.0 Å². The molecular weight excluding hydrogens is 404 g/mol. The Morgan fingerprint density at radius 2 is 1.74 bits per heavy atom. The normalized spacial score (nSPS) is 15.3. The molecule has 27 heavy (non-hydrogen) atoms. The fourth-order valence-electron chi connectivity index (χ4n) is 2.38. The maximum Gasteiger partial charge on any atom is 0.309 e. The lowest BCUT2D eigenvalue weighted by atomic mass is 10.2. The van der Waals surface area contributed by atoms with Crippen molar-refractivity contribution in [2.24, 2.45) is 0 Å². The van der Waals surface area contributed by atoms with E-state index in [0.717, 1.165) is 17.1 Å². The highest BCUT2D eigenvalue weighted by molar-refractivity contribution is 8.35. The Balaban J connectivity index is 1.67. The summed E-state index contributed by atoms with van der Waals surface area (Å²) in [6.45, 7) is 0.277. The molecule has 1 aliphatic rings. The molecule has 2 heterocycles. The minimum Gasteiger partial charge on any atom is -0.481 e. The standard InChI is InChI=1S/C18H20N2O4S3/c1-22-14-10-15(23-2)20-17(19-14)27-18(25-8-9-26-18)11-16(21)24-12-13-6-4-3-5-7-13/h3-7,10H,8-9,11-12H2,1-2H3. The van der Waals surface area contributed by atoms with Gasteiger partial charge in [0.15, 0.2) is 5.16 Å². The lowest BCUT2D eigenvalue weighted by molar-refractivity contribution is -0.144. The Kier molecular flexibility index (Phi) is 7.14. The zero-order chi connectivity index (χ0) is 19.1. The Labute approximate surface area is 171 Å². The summed E-state index contributed by atoms with van der Waals surface area (Å²) in [5.74, 6) is 2.55. The summed E-state index contributed by atoms with van der Waals surface area (Å²) in [5.41, 5.74) is 0.972. The van der Waals surface area contributed by atoms with Crippen LogP contribution in [0.25, 0.3) is 0 Å². The maximum atomic E-state index is 12.5. The highest BCUT2D eigenvalue weighted by Gasteiger charge is 2.41. The van der Waals surface area contributed by atoms with Crippen molar-refractivity contribution in [1.82, 2.24) is 9.97 Å². The summed E-state index contributed by atoms with van der Waals surface area (Å²) in [6, 6.07) is 11.3. The van der Waals surface area contributed by atoms with E-state index in [4.69, 9.17) is 14.2 Å². The molecule has 1 saturated heterocycles. The molecule has 0 unspecified atom stereocenters. The van der Waals surface area contributed by atoms with Gasteiger partial charge in [-0.2, -0.15) is 9.97 Å². The van der Waals surface area contributed by atoms with Gasteiger partial charge in [-0.1, -0.05) is 42.1 Å². The van der Waals surface area contributed by atoms with Gasteiger partial charge in [-0.3, -0.25) is 4.79 Å². The van der Waals surface area contributed by atoms with Crippen LogP contribution in [0.4, 0.5) is 0 Å². The van der Waals surface area contributed by atoms with Crippen molar-refractivity contribution in [2.45, 2.75) is 21.6 Å². The van der Waals surface area contributed by atoms with E-state index in [-0.39, 0.29) is 19.0 Å². The van der Waals surface area contributed by atoms with Gasteiger partial charge in [0.1, 0.15) is 10.0 Å². The highest BCUT2D eigenvalue weighted by atomic mass is 32.3. The fraction of sp³-hybridized carbons (Fsp3) is 0.389. The summed E-state index contributed by atoms with van der Waals surface area (Å²) in [4.78, 5) is 21.2. The number of hydrogen-bond acceptors (Lipinski definition) is 9. The highest BCUT2D eigenvalue weighted by Crippen LogP contribution is 2.56. The number of carbonyl (C=O) groups excluding carboxylic acids is 1. The number of rotatable bonds is 8. The van der Waals surface area contributed by atoms with Crippen molar-refractivity contribution in [3.05, 3.63) is 42.0 Å². The van der Waals surface area contributed by atoms with Crippen LogP contribution >= 0.6 is 35.3 Å². The smallest absolute Gasteiger partial charge is 0.309 e. The van der Waals surface area contributed by atoms with E-state index in [2.05, 4.69) is 9.97 Å². The van der Waals surface area contributed by atoms with E-state index >= 15 is 0 Å². The Hall–Kier alpha value is -1.58. The first-order valence-electron chi connectivity index (χ1n) is 8.26. The summed E-state index contributed by atoms with van der Waals surface area (Å²) >= 11 is 4.90. The van der Waals surface area contributed by atoms with Crippen LogP contribution in [0, 0.1) is 0 Å². The molecule has 0 atom stereocenters. The van der Waals surface area contributed by atoms with E-state index in [9.17, 15) is 4.79 Å². The molecule has 0 amide bonds. The third-order valence-corrected chi connectivity index (χ3v) is 8.63. The van der Waals surface area contributed by atoms with Gasteiger partial charge in [-0.05, 0) is 5.56 Å². The number of benzene rings is 1. The molecule has 1 aliphatic heterocycles. The molecule has 144 valence electrons. The van der Waals surface area contributed by atoms with Crippen molar-refractivity contribution >= 4 is 41.3 Å². The van der Waals surface area contributed by atoms with Gasteiger partial charge >= 0.3 is 5.97 Å². The lowest BCUT2D eigenvalue weighted by Crippen LogP contribution is -2.20. The maximum absolute atomic E-state index is 12.5. The van der Waals surface area contributed by atoms with Crippen LogP contribution in [0.15, 0.2) is 41.6 Å². The number of esters is 1. The van der Waals surface area contributed by atoms with Crippen LogP contribution in [-0.2, 0) is 16.1 Å². The molecule has 6 nitrogen and oxygen atoms in total. The van der Waals surface area contributed by atoms with Crippen molar-refractivity contribution in [1.29, 1.82) is 0 Å². The first-order chi connectivity index (χ1) is 13.1. The summed E-state index contributed by atoms with van der Waals surface area (Å²) < 4.78 is 15.5. The molecule has 1 fully saturated rings. The van der Waals surface area contributed by atoms with Crippen LogP contribution in [-0.4, -0.2) is 45.1 Å². The predicted octanol–water partition coefficient (Wildman–Crippen LogP) is 3.85.